The van der Waals surface area contributed by atoms with Crippen LogP contribution in [0.2, 0.25) is 0 Å². The number of carbonyl (C=O) groups is 3. The summed E-state index contributed by atoms with van der Waals surface area (Å²) in [6, 6.07) is 0. The van der Waals surface area contributed by atoms with Crippen LogP contribution in [0, 0.1) is 0 Å². The fraction of sp³-hybridized carbons (Fsp3) is 0.682. The van der Waals surface area contributed by atoms with Crippen molar-refractivity contribution in [1.82, 2.24) is 0 Å². The molecule has 78 heavy (non-hydrogen) atoms. The van der Waals surface area contributed by atoms with E-state index in [9.17, 15) is 28.9 Å². The first-order chi connectivity index (χ1) is 38.2. The third-order valence-electron chi connectivity index (χ3n) is 12.7. The quantitative estimate of drug-likeness (QED) is 0.0197. The first-order valence-corrected chi connectivity index (χ1v) is 32.3. The number of aliphatic hydroxyl groups is 1. The SMILES string of the molecule is CC/C=C\C/C=C\C/C=C\C/C=C\C/C=C\CCCC(=O)OCC(COP(=O)(O)OCC(CO)OC(=O)CCCC/C=C\C/C=C\C/C=C\C/C=C\CC)OC(=O)CCCCCCCCCCCCCCCCCCCCC. The second-order valence-electron chi connectivity index (χ2n) is 20.1. The predicted molar refractivity (Wildman–Crippen MR) is 325 cm³/mol. The van der Waals surface area contributed by atoms with Crippen molar-refractivity contribution in [2.45, 2.75) is 264 Å². The second-order valence-corrected chi connectivity index (χ2v) is 21.6. The van der Waals surface area contributed by atoms with Gasteiger partial charge in [0.2, 0.25) is 0 Å². The van der Waals surface area contributed by atoms with Crippen LogP contribution in [0.3, 0.4) is 0 Å². The zero-order valence-corrected chi connectivity index (χ0v) is 50.2. The largest absolute Gasteiger partial charge is 0.472 e. The molecule has 0 fully saturated rings. The van der Waals surface area contributed by atoms with Gasteiger partial charge in [-0.1, -0.05) is 246 Å². The molecule has 0 aromatic rings. The van der Waals surface area contributed by atoms with Crippen molar-refractivity contribution < 1.29 is 52.2 Å². The van der Waals surface area contributed by atoms with E-state index in [2.05, 4.69) is 124 Å². The summed E-state index contributed by atoms with van der Waals surface area (Å²) < 4.78 is 39.5. The standard InChI is InChI=1S/C66H111O11P/c1-4-7-10-13-16-19-22-25-28-30-31-33-36-39-42-45-48-51-54-57-66(70)77-63(59-73-64(68)55-52-49-46-43-40-37-35-32-29-26-23-20-17-14-11-8-5-2)61-75-78(71,72)74-60-62(58-67)76-65(69)56-53-50-47-44-41-38-34-27-24-21-18-15-12-9-6-3/h8-9,11-12,17-18,20-21,26-27,29,34-35,37,41,43-44,46,62-63,67H,4-7,10,13-16,19,22-25,28,30-33,36,38-40,42,45,47-61H2,1-3H3,(H,71,72)/b11-8-,12-9-,20-17-,21-18-,29-26-,34-27-,37-35-,44-41-,46-43-. The maximum atomic E-state index is 12.9. The van der Waals surface area contributed by atoms with Gasteiger partial charge in [-0.05, 0) is 96.3 Å². The Bertz CT molecular complexity index is 1720. The molecule has 0 saturated carbocycles. The molecule has 2 N–H and O–H groups in total. The zero-order chi connectivity index (χ0) is 56.9. The highest BCUT2D eigenvalue weighted by molar-refractivity contribution is 7.47. The van der Waals surface area contributed by atoms with Gasteiger partial charge in [0.1, 0.15) is 12.7 Å². The van der Waals surface area contributed by atoms with Crippen LogP contribution in [-0.4, -0.2) is 66.5 Å². The topological polar surface area (TPSA) is 155 Å². The summed E-state index contributed by atoms with van der Waals surface area (Å²) in [6.07, 6.45) is 72.0. The molecule has 0 aliphatic rings. The van der Waals surface area contributed by atoms with Gasteiger partial charge in [0, 0.05) is 19.3 Å². The molecule has 0 aromatic heterocycles. The van der Waals surface area contributed by atoms with Gasteiger partial charge in [-0.25, -0.2) is 4.57 Å². The number of hydrogen-bond donors (Lipinski definition) is 2. The number of carbonyl (C=O) groups excluding carboxylic acids is 3. The number of rotatable bonds is 56. The van der Waals surface area contributed by atoms with E-state index in [0.29, 0.717) is 25.7 Å². The van der Waals surface area contributed by atoms with Crippen LogP contribution in [0.25, 0.3) is 0 Å². The van der Waals surface area contributed by atoms with Gasteiger partial charge < -0.3 is 24.2 Å². The van der Waals surface area contributed by atoms with Gasteiger partial charge in [-0.15, -0.1) is 0 Å². The highest BCUT2D eigenvalue weighted by Gasteiger charge is 2.28. The van der Waals surface area contributed by atoms with E-state index in [4.69, 9.17) is 23.3 Å². The molecule has 0 aliphatic carbocycles. The van der Waals surface area contributed by atoms with Crippen molar-refractivity contribution in [3.63, 3.8) is 0 Å². The molecule has 0 rings (SSSR count). The summed E-state index contributed by atoms with van der Waals surface area (Å²) in [7, 11) is -4.78. The number of phosphoric ester groups is 1. The minimum Gasteiger partial charge on any atom is -0.462 e. The zero-order valence-electron chi connectivity index (χ0n) is 49.3. The van der Waals surface area contributed by atoms with Crippen LogP contribution >= 0.6 is 7.82 Å². The maximum Gasteiger partial charge on any atom is 0.472 e. The summed E-state index contributed by atoms with van der Waals surface area (Å²) >= 11 is 0. The lowest BCUT2D eigenvalue weighted by molar-refractivity contribution is -0.161. The van der Waals surface area contributed by atoms with E-state index >= 15 is 0 Å². The molecule has 0 heterocycles. The number of ether oxygens (including phenoxy) is 3. The van der Waals surface area contributed by atoms with E-state index in [0.717, 1.165) is 89.9 Å². The highest BCUT2D eigenvalue weighted by atomic mass is 31.2. The molecule has 0 spiro atoms. The minimum atomic E-state index is -4.78. The number of aliphatic hydroxyl groups excluding tert-OH is 1. The molecule has 0 aromatic carbocycles. The number of unbranched alkanes of at least 4 members (excludes halogenated alkanes) is 21. The Balaban J connectivity index is 4.82. The van der Waals surface area contributed by atoms with Gasteiger partial charge in [0.05, 0.1) is 19.8 Å². The van der Waals surface area contributed by atoms with Crippen molar-refractivity contribution in [2.75, 3.05) is 26.4 Å². The normalized spacial score (nSPS) is 14.1. The third kappa shape index (κ3) is 56.8. The van der Waals surface area contributed by atoms with Crippen molar-refractivity contribution in [2.24, 2.45) is 0 Å². The van der Waals surface area contributed by atoms with Crippen LogP contribution in [-0.2, 0) is 42.2 Å². The Morgan fingerprint density at radius 3 is 1.06 bits per heavy atom. The first kappa shape index (κ1) is 74.1. The molecule has 446 valence electrons. The highest BCUT2D eigenvalue weighted by Crippen LogP contribution is 2.43. The summed E-state index contributed by atoms with van der Waals surface area (Å²) in [4.78, 5) is 48.6. The monoisotopic (exact) mass is 1110 g/mol. The molecule has 12 heteroatoms. The van der Waals surface area contributed by atoms with E-state index in [1.54, 1.807) is 0 Å². The molecule has 3 unspecified atom stereocenters. The van der Waals surface area contributed by atoms with E-state index in [1.807, 2.05) is 6.08 Å². The maximum absolute atomic E-state index is 12.9. The predicted octanol–water partition coefficient (Wildman–Crippen LogP) is 18.6. The Hall–Kier alpha value is -3.86. The molecule has 0 radical (unpaired) electrons. The molecular weight excluding hydrogens is 1000 g/mol. The van der Waals surface area contributed by atoms with Crippen LogP contribution < -0.4 is 0 Å². The number of esters is 3. The van der Waals surface area contributed by atoms with Gasteiger partial charge in [-0.3, -0.25) is 23.4 Å². The van der Waals surface area contributed by atoms with Crippen molar-refractivity contribution >= 4 is 25.7 Å². The Kier molecular flexibility index (Phi) is 56.3. The molecule has 3 atom stereocenters. The Morgan fingerprint density at radius 2 is 0.679 bits per heavy atom. The van der Waals surface area contributed by atoms with Gasteiger partial charge in [0.25, 0.3) is 0 Å². The Morgan fingerprint density at radius 1 is 0.372 bits per heavy atom. The summed E-state index contributed by atoms with van der Waals surface area (Å²) in [5, 5.41) is 9.82. The second kappa shape index (κ2) is 59.3. The van der Waals surface area contributed by atoms with Gasteiger partial charge in [-0.2, -0.15) is 0 Å². The van der Waals surface area contributed by atoms with Crippen molar-refractivity contribution in [3.05, 3.63) is 109 Å². The number of phosphoric acid groups is 1. The smallest absolute Gasteiger partial charge is 0.462 e. The lowest BCUT2D eigenvalue weighted by atomic mass is 10.0. The molecular formula is C66H111O11P. The summed E-state index contributed by atoms with van der Waals surface area (Å²) in [5.41, 5.74) is 0. The molecule has 0 aliphatic heterocycles. The molecule has 11 nitrogen and oxygen atoms in total. The average molecular weight is 1110 g/mol. The van der Waals surface area contributed by atoms with E-state index in [1.165, 1.54) is 96.3 Å². The fourth-order valence-electron chi connectivity index (χ4n) is 8.09. The van der Waals surface area contributed by atoms with Gasteiger partial charge >= 0.3 is 25.7 Å². The van der Waals surface area contributed by atoms with Crippen LogP contribution in [0.1, 0.15) is 252 Å². The average Bonchev–Trinajstić information content (AvgIpc) is 3.43. The number of hydrogen-bond acceptors (Lipinski definition) is 10. The summed E-state index contributed by atoms with van der Waals surface area (Å²) in [6.45, 7) is 4.33. The van der Waals surface area contributed by atoms with Crippen LogP contribution in [0.5, 0.6) is 0 Å². The molecule has 0 bridgehead atoms. The van der Waals surface area contributed by atoms with Crippen LogP contribution in [0.4, 0.5) is 0 Å². The van der Waals surface area contributed by atoms with E-state index in [-0.39, 0.29) is 25.9 Å². The third-order valence-corrected chi connectivity index (χ3v) is 13.6. The first-order valence-electron chi connectivity index (χ1n) is 30.8. The van der Waals surface area contributed by atoms with Crippen LogP contribution in [0.15, 0.2) is 109 Å². The van der Waals surface area contributed by atoms with E-state index < -0.39 is 57.8 Å². The van der Waals surface area contributed by atoms with Crippen molar-refractivity contribution in [3.8, 4) is 0 Å². The summed E-state index contributed by atoms with van der Waals surface area (Å²) in [5.74, 6) is -1.58. The lowest BCUT2D eigenvalue weighted by Gasteiger charge is -2.21. The van der Waals surface area contributed by atoms with Crippen molar-refractivity contribution in [1.29, 1.82) is 0 Å². The number of allylic oxidation sites excluding steroid dienone is 18. The minimum absolute atomic E-state index is 0.117. The molecule has 0 saturated heterocycles. The molecule has 0 amide bonds. The lowest BCUT2D eigenvalue weighted by Crippen LogP contribution is -2.30. The Labute approximate surface area is 475 Å². The fourth-order valence-corrected chi connectivity index (χ4v) is 8.87. The van der Waals surface area contributed by atoms with Gasteiger partial charge in [0.15, 0.2) is 6.10 Å².